The van der Waals surface area contributed by atoms with Crippen molar-refractivity contribution in [2.45, 2.75) is 37.5 Å². The van der Waals surface area contributed by atoms with E-state index in [1.807, 2.05) is 0 Å². The van der Waals surface area contributed by atoms with Crippen molar-refractivity contribution in [1.29, 1.82) is 0 Å². The van der Waals surface area contributed by atoms with E-state index in [1.54, 1.807) is 11.1 Å². The van der Waals surface area contributed by atoms with Crippen LogP contribution >= 0.6 is 0 Å². The van der Waals surface area contributed by atoms with Gasteiger partial charge in [0.25, 0.3) is 0 Å². The van der Waals surface area contributed by atoms with E-state index < -0.39 is 0 Å². The normalized spacial score (nSPS) is 23.3. The first-order valence-electron chi connectivity index (χ1n) is 20.0. The zero-order valence-corrected chi connectivity index (χ0v) is 30.4. The number of para-hydroxylation sites is 3. The highest BCUT2D eigenvalue weighted by molar-refractivity contribution is 6.13. The first-order chi connectivity index (χ1) is 26.8. The molecular formula is C52H42N2. The van der Waals surface area contributed by atoms with Gasteiger partial charge in [0.1, 0.15) is 0 Å². The molecule has 1 spiro atoms. The first kappa shape index (κ1) is 30.6. The maximum Gasteiger partial charge on any atom is 0.0584 e. The van der Waals surface area contributed by atoms with Crippen LogP contribution in [-0.4, -0.2) is 4.57 Å². The molecule has 1 aromatic heterocycles. The summed E-state index contributed by atoms with van der Waals surface area (Å²) in [6, 6.07) is 63.8. The second-order valence-electron chi connectivity index (χ2n) is 16.6. The van der Waals surface area contributed by atoms with Crippen LogP contribution in [-0.2, 0) is 5.41 Å². The predicted molar refractivity (Wildman–Crippen MR) is 224 cm³/mol. The molecule has 1 aliphatic heterocycles. The van der Waals surface area contributed by atoms with Gasteiger partial charge in [-0.3, -0.25) is 0 Å². The molecule has 4 bridgehead atoms. The summed E-state index contributed by atoms with van der Waals surface area (Å²) in [6.45, 7) is 0. The van der Waals surface area contributed by atoms with E-state index in [0.29, 0.717) is 11.8 Å². The Labute approximate surface area is 317 Å². The lowest BCUT2D eigenvalue weighted by Gasteiger charge is -2.63. The standard InChI is InChI=1S/C52H42N2/c1-3-13-36(14-4-1)37-23-25-41(26-24-37)53(48-20-10-7-17-43(48)38-15-5-2-6-16-38)42-32-45-44-18-8-11-21-49(44)54-50-22-12-9-19-46(50)52(47(33-42)51(45)54)39-28-34-27-35(30-39)31-40(52)29-34/h1-26,32-35,39-40H,27-31H2. The molecule has 5 aliphatic rings. The summed E-state index contributed by atoms with van der Waals surface area (Å²) in [4.78, 5) is 2.56. The second kappa shape index (κ2) is 11.6. The Morgan fingerprint density at radius 2 is 1.07 bits per heavy atom. The lowest BCUT2D eigenvalue weighted by Crippen LogP contribution is -2.57. The van der Waals surface area contributed by atoms with Crippen molar-refractivity contribution in [2.75, 3.05) is 4.90 Å². The first-order valence-corrected chi connectivity index (χ1v) is 20.0. The van der Waals surface area contributed by atoms with Gasteiger partial charge < -0.3 is 9.47 Å². The van der Waals surface area contributed by atoms with Crippen molar-refractivity contribution in [3.05, 3.63) is 181 Å². The lowest BCUT2D eigenvalue weighted by molar-refractivity contribution is -0.0418. The molecule has 54 heavy (non-hydrogen) atoms. The quantitative estimate of drug-likeness (QED) is 0.174. The van der Waals surface area contributed by atoms with Crippen LogP contribution in [0.5, 0.6) is 0 Å². The summed E-state index contributed by atoms with van der Waals surface area (Å²) in [6.07, 6.45) is 6.87. The molecule has 0 amide bonds. The van der Waals surface area contributed by atoms with Gasteiger partial charge in [-0.2, -0.15) is 0 Å². The molecule has 8 aromatic rings. The monoisotopic (exact) mass is 694 g/mol. The highest BCUT2D eigenvalue weighted by Gasteiger charge is 2.61. The van der Waals surface area contributed by atoms with Crippen molar-refractivity contribution >= 4 is 38.9 Å². The van der Waals surface area contributed by atoms with Crippen molar-refractivity contribution in [3.63, 3.8) is 0 Å². The third-order valence-corrected chi connectivity index (χ3v) is 13.9. The van der Waals surface area contributed by atoms with E-state index in [4.69, 9.17) is 0 Å². The maximum atomic E-state index is 2.66. The Balaban J connectivity index is 1.17. The Hall–Kier alpha value is -5.86. The van der Waals surface area contributed by atoms with E-state index in [1.165, 1.54) is 98.9 Å². The van der Waals surface area contributed by atoms with Gasteiger partial charge in [-0.25, -0.2) is 0 Å². The number of anilines is 3. The number of rotatable bonds is 5. The van der Waals surface area contributed by atoms with Gasteiger partial charge in [0.05, 0.1) is 22.4 Å². The van der Waals surface area contributed by atoms with E-state index >= 15 is 0 Å². The Kier molecular flexibility index (Phi) is 6.55. The molecule has 0 atom stereocenters. The summed E-state index contributed by atoms with van der Waals surface area (Å²) >= 11 is 0. The van der Waals surface area contributed by atoms with Crippen LogP contribution < -0.4 is 4.90 Å². The molecule has 7 aromatic carbocycles. The summed E-state index contributed by atoms with van der Waals surface area (Å²) in [5.41, 5.74) is 15.8. The molecule has 13 rings (SSSR count). The molecule has 4 fully saturated rings. The fraction of sp³-hybridized carbons (Fsp3) is 0.192. The van der Waals surface area contributed by atoms with Crippen LogP contribution in [0.3, 0.4) is 0 Å². The average Bonchev–Trinajstić information content (AvgIpc) is 3.56. The Morgan fingerprint density at radius 1 is 0.463 bits per heavy atom. The Bertz CT molecular complexity index is 2690. The van der Waals surface area contributed by atoms with Crippen LogP contribution in [0.1, 0.15) is 43.2 Å². The van der Waals surface area contributed by atoms with Crippen LogP contribution in [0.4, 0.5) is 17.1 Å². The smallest absolute Gasteiger partial charge is 0.0584 e. The van der Waals surface area contributed by atoms with E-state index in [9.17, 15) is 0 Å². The van der Waals surface area contributed by atoms with Crippen molar-refractivity contribution in [1.82, 2.24) is 4.57 Å². The summed E-state index contributed by atoms with van der Waals surface area (Å²) in [5.74, 6) is 3.09. The van der Waals surface area contributed by atoms with Gasteiger partial charge in [0, 0.05) is 33.1 Å². The lowest BCUT2D eigenvalue weighted by atomic mass is 9.41. The van der Waals surface area contributed by atoms with Gasteiger partial charge in [-0.15, -0.1) is 0 Å². The minimum Gasteiger partial charge on any atom is -0.310 e. The van der Waals surface area contributed by atoms with E-state index in [0.717, 1.165) is 11.8 Å². The van der Waals surface area contributed by atoms with Gasteiger partial charge in [-0.1, -0.05) is 127 Å². The largest absolute Gasteiger partial charge is 0.310 e. The van der Waals surface area contributed by atoms with Crippen LogP contribution in [0, 0.1) is 23.7 Å². The number of benzene rings is 7. The Morgan fingerprint density at radius 3 is 1.83 bits per heavy atom. The highest BCUT2D eigenvalue weighted by atomic mass is 15.1. The summed E-state index contributed by atoms with van der Waals surface area (Å²) in [5, 5.41) is 2.70. The molecule has 0 saturated heterocycles. The van der Waals surface area contributed by atoms with Crippen molar-refractivity contribution in [3.8, 4) is 27.9 Å². The molecule has 2 nitrogen and oxygen atoms in total. The summed E-state index contributed by atoms with van der Waals surface area (Å²) < 4.78 is 2.63. The van der Waals surface area contributed by atoms with E-state index in [2.05, 4.69) is 179 Å². The van der Waals surface area contributed by atoms with Gasteiger partial charge in [0.15, 0.2) is 0 Å². The predicted octanol–water partition coefficient (Wildman–Crippen LogP) is 13.6. The molecule has 0 unspecified atom stereocenters. The van der Waals surface area contributed by atoms with Gasteiger partial charge in [0.2, 0.25) is 0 Å². The fourth-order valence-electron chi connectivity index (χ4n) is 12.1. The third-order valence-electron chi connectivity index (χ3n) is 13.9. The number of hydrogen-bond acceptors (Lipinski definition) is 1. The minimum absolute atomic E-state index is 0.00440. The highest BCUT2D eigenvalue weighted by Crippen LogP contribution is 2.68. The van der Waals surface area contributed by atoms with Crippen molar-refractivity contribution < 1.29 is 0 Å². The number of hydrogen-bond donors (Lipinski definition) is 0. The zero-order chi connectivity index (χ0) is 35.4. The van der Waals surface area contributed by atoms with Crippen LogP contribution in [0.15, 0.2) is 170 Å². The molecule has 2 heteroatoms. The number of nitrogens with zero attached hydrogens (tertiary/aromatic N) is 2. The molecule has 4 aliphatic carbocycles. The molecule has 2 heterocycles. The molecule has 4 saturated carbocycles. The van der Waals surface area contributed by atoms with Gasteiger partial charge >= 0.3 is 0 Å². The number of aromatic nitrogens is 1. The third kappa shape index (κ3) is 4.23. The average molecular weight is 695 g/mol. The van der Waals surface area contributed by atoms with Crippen LogP contribution in [0.2, 0.25) is 0 Å². The minimum atomic E-state index is 0.00440. The molecule has 260 valence electrons. The topological polar surface area (TPSA) is 8.17 Å². The molecule has 0 N–H and O–H groups in total. The van der Waals surface area contributed by atoms with Crippen LogP contribution in [0.25, 0.3) is 49.7 Å². The number of fused-ring (bicyclic) bond motifs is 5. The van der Waals surface area contributed by atoms with Crippen molar-refractivity contribution in [2.24, 2.45) is 23.7 Å². The molecular weight excluding hydrogens is 653 g/mol. The summed E-state index contributed by atoms with van der Waals surface area (Å²) in [7, 11) is 0. The second-order valence-corrected chi connectivity index (χ2v) is 16.6. The maximum absolute atomic E-state index is 2.66. The zero-order valence-electron chi connectivity index (χ0n) is 30.4. The van der Waals surface area contributed by atoms with Gasteiger partial charge in [-0.05, 0) is 126 Å². The molecule has 0 radical (unpaired) electrons. The van der Waals surface area contributed by atoms with E-state index in [-0.39, 0.29) is 5.41 Å². The fourth-order valence-corrected chi connectivity index (χ4v) is 12.1. The SMILES string of the molecule is c1ccc(-c2ccc(N(c3cc4c5c(c3)c3ccccc3n5-c3ccccc3C43C4CC5CC(C4)CC3C5)c3ccccc3-c3ccccc3)cc2)cc1.